The predicted molar refractivity (Wildman–Crippen MR) is 100 cm³/mol. The number of carbonyl (C=O) groups excluding carboxylic acids is 1. The van der Waals surface area contributed by atoms with Gasteiger partial charge in [0.1, 0.15) is 11.6 Å². The zero-order valence-corrected chi connectivity index (χ0v) is 14.6. The van der Waals surface area contributed by atoms with Gasteiger partial charge in [-0.05, 0) is 43.9 Å². The molecule has 5 heteroatoms. The molecule has 0 bridgehead atoms. The number of nitrogens with one attached hydrogen (secondary N) is 1. The van der Waals surface area contributed by atoms with E-state index >= 15 is 0 Å². The van der Waals surface area contributed by atoms with Gasteiger partial charge in [0.2, 0.25) is 5.91 Å². The van der Waals surface area contributed by atoms with Crippen molar-refractivity contribution in [3.63, 3.8) is 0 Å². The van der Waals surface area contributed by atoms with Crippen molar-refractivity contribution >= 4 is 11.6 Å². The first-order chi connectivity index (χ1) is 12.6. The van der Waals surface area contributed by atoms with Crippen molar-refractivity contribution in [3.05, 3.63) is 65.5 Å². The lowest BCUT2D eigenvalue weighted by Crippen LogP contribution is -2.39. The Kier molecular flexibility index (Phi) is 6.00. The Bertz CT molecular complexity index is 786. The van der Waals surface area contributed by atoms with Gasteiger partial charge in [-0.1, -0.05) is 30.3 Å². The first-order valence-electron chi connectivity index (χ1n) is 9.01. The Labute approximate surface area is 152 Å². The normalized spacial score (nSPS) is 14.7. The second-order valence-electron chi connectivity index (χ2n) is 6.56. The predicted octanol–water partition coefficient (Wildman–Crippen LogP) is 3.82. The Morgan fingerprint density at radius 3 is 2.65 bits per heavy atom. The van der Waals surface area contributed by atoms with Gasteiger partial charge in [0.05, 0.1) is 5.71 Å². The van der Waals surface area contributed by atoms with Crippen LogP contribution in [0.1, 0.15) is 43.2 Å². The highest BCUT2D eigenvalue weighted by Crippen LogP contribution is 2.22. The van der Waals surface area contributed by atoms with Crippen LogP contribution in [0.25, 0.3) is 0 Å². The summed E-state index contributed by atoms with van der Waals surface area (Å²) in [6.45, 7) is 0.429. The standard InChI is InChI=1S/C21H23FN2O2/c22-16-11-12-19(25)18(14-16)21(15-6-2-1-3-7-15)23-13-5-10-20(26)24-17-8-4-9-17/h1-3,6-7,11-12,14,17,25H,4-5,8-10,13H2,(H,24,26). The Balaban J connectivity index is 1.70. The zero-order valence-electron chi connectivity index (χ0n) is 14.6. The molecule has 0 heterocycles. The number of hydrogen-bond donors (Lipinski definition) is 2. The van der Waals surface area contributed by atoms with Crippen LogP contribution in [-0.4, -0.2) is 29.3 Å². The maximum Gasteiger partial charge on any atom is 0.220 e. The van der Waals surface area contributed by atoms with Crippen LogP contribution in [0.4, 0.5) is 4.39 Å². The van der Waals surface area contributed by atoms with Gasteiger partial charge in [0.15, 0.2) is 0 Å². The van der Waals surface area contributed by atoms with Gasteiger partial charge < -0.3 is 10.4 Å². The second kappa shape index (κ2) is 8.61. The summed E-state index contributed by atoms with van der Waals surface area (Å²) in [7, 11) is 0. The van der Waals surface area contributed by atoms with Crippen molar-refractivity contribution in [1.29, 1.82) is 0 Å². The number of rotatable bonds is 7. The number of phenolic OH excluding ortho intramolecular Hbond substituents is 1. The van der Waals surface area contributed by atoms with E-state index in [4.69, 9.17) is 0 Å². The van der Waals surface area contributed by atoms with Crippen LogP contribution >= 0.6 is 0 Å². The fourth-order valence-corrected chi connectivity index (χ4v) is 2.91. The van der Waals surface area contributed by atoms with E-state index in [1.807, 2.05) is 30.3 Å². The van der Waals surface area contributed by atoms with Gasteiger partial charge in [-0.3, -0.25) is 9.79 Å². The molecule has 1 aliphatic carbocycles. The van der Waals surface area contributed by atoms with E-state index < -0.39 is 5.82 Å². The number of hydrogen-bond acceptors (Lipinski definition) is 3. The van der Waals surface area contributed by atoms with Crippen molar-refractivity contribution < 1.29 is 14.3 Å². The topological polar surface area (TPSA) is 61.7 Å². The Hall–Kier alpha value is -2.69. The van der Waals surface area contributed by atoms with Crippen LogP contribution < -0.4 is 5.32 Å². The molecule has 3 rings (SSSR count). The summed E-state index contributed by atoms with van der Waals surface area (Å²) in [5, 5.41) is 13.1. The maximum atomic E-state index is 13.7. The molecule has 0 atom stereocenters. The highest BCUT2D eigenvalue weighted by Gasteiger charge is 2.19. The third-order valence-corrected chi connectivity index (χ3v) is 4.56. The Morgan fingerprint density at radius 2 is 1.96 bits per heavy atom. The molecule has 0 saturated heterocycles. The van der Waals surface area contributed by atoms with E-state index in [0.29, 0.717) is 36.7 Å². The summed E-state index contributed by atoms with van der Waals surface area (Å²) >= 11 is 0. The minimum absolute atomic E-state index is 0.0169. The average Bonchev–Trinajstić information content (AvgIpc) is 2.61. The third kappa shape index (κ3) is 4.69. The molecule has 1 aliphatic rings. The molecule has 4 nitrogen and oxygen atoms in total. The molecule has 2 N–H and O–H groups in total. The molecule has 136 valence electrons. The fourth-order valence-electron chi connectivity index (χ4n) is 2.91. The summed E-state index contributed by atoms with van der Waals surface area (Å²) in [4.78, 5) is 16.4. The molecule has 0 aromatic heterocycles. The third-order valence-electron chi connectivity index (χ3n) is 4.56. The molecule has 2 aromatic rings. The first kappa shape index (κ1) is 18.1. The van der Waals surface area contributed by atoms with Crippen LogP contribution in [0.5, 0.6) is 5.75 Å². The van der Waals surface area contributed by atoms with E-state index in [1.54, 1.807) is 0 Å². The van der Waals surface area contributed by atoms with Crippen molar-refractivity contribution in [2.24, 2.45) is 4.99 Å². The lowest BCUT2D eigenvalue weighted by Gasteiger charge is -2.26. The van der Waals surface area contributed by atoms with Crippen molar-refractivity contribution in [3.8, 4) is 5.75 Å². The van der Waals surface area contributed by atoms with E-state index in [1.165, 1.54) is 24.6 Å². The van der Waals surface area contributed by atoms with Gasteiger partial charge in [-0.2, -0.15) is 0 Å². The number of benzene rings is 2. The lowest BCUT2D eigenvalue weighted by atomic mass is 9.93. The summed E-state index contributed by atoms with van der Waals surface area (Å²) in [5.41, 5.74) is 1.68. The Morgan fingerprint density at radius 1 is 1.19 bits per heavy atom. The highest BCUT2D eigenvalue weighted by molar-refractivity contribution is 6.14. The van der Waals surface area contributed by atoms with Crippen LogP contribution in [0, 0.1) is 5.82 Å². The summed E-state index contributed by atoms with van der Waals surface area (Å²) in [6, 6.07) is 13.5. The monoisotopic (exact) mass is 354 g/mol. The molecular weight excluding hydrogens is 331 g/mol. The quantitative estimate of drug-likeness (QED) is 0.586. The lowest BCUT2D eigenvalue weighted by molar-refractivity contribution is -0.122. The highest BCUT2D eigenvalue weighted by atomic mass is 19.1. The number of amides is 1. The average molecular weight is 354 g/mol. The van der Waals surface area contributed by atoms with Gasteiger partial charge in [-0.15, -0.1) is 0 Å². The van der Waals surface area contributed by atoms with Crippen LogP contribution in [0.15, 0.2) is 53.5 Å². The largest absolute Gasteiger partial charge is 0.507 e. The van der Waals surface area contributed by atoms with E-state index in [9.17, 15) is 14.3 Å². The summed E-state index contributed by atoms with van der Waals surface area (Å²) in [6.07, 6.45) is 4.34. The molecule has 1 amide bonds. The summed E-state index contributed by atoms with van der Waals surface area (Å²) in [5.74, 6) is -0.391. The van der Waals surface area contributed by atoms with Crippen LogP contribution in [0.2, 0.25) is 0 Å². The van der Waals surface area contributed by atoms with Crippen molar-refractivity contribution in [2.45, 2.75) is 38.1 Å². The molecular formula is C21H23FN2O2. The van der Waals surface area contributed by atoms with E-state index in [0.717, 1.165) is 18.4 Å². The minimum atomic E-state index is -0.429. The molecule has 0 spiro atoms. The minimum Gasteiger partial charge on any atom is -0.507 e. The van der Waals surface area contributed by atoms with Gasteiger partial charge in [0.25, 0.3) is 0 Å². The number of carbonyl (C=O) groups is 1. The van der Waals surface area contributed by atoms with Crippen molar-refractivity contribution in [1.82, 2.24) is 5.32 Å². The van der Waals surface area contributed by atoms with Crippen LogP contribution in [0.3, 0.4) is 0 Å². The number of aromatic hydroxyl groups is 1. The molecule has 0 unspecified atom stereocenters. The van der Waals surface area contributed by atoms with Gasteiger partial charge in [-0.25, -0.2) is 4.39 Å². The number of aliphatic imine (C=N–C) groups is 1. The maximum absolute atomic E-state index is 13.7. The van der Waals surface area contributed by atoms with E-state index in [-0.39, 0.29) is 11.7 Å². The molecule has 26 heavy (non-hydrogen) atoms. The molecule has 1 fully saturated rings. The van der Waals surface area contributed by atoms with E-state index in [2.05, 4.69) is 10.3 Å². The zero-order chi connectivity index (χ0) is 18.4. The number of phenols is 1. The fraction of sp³-hybridized carbons (Fsp3) is 0.333. The van der Waals surface area contributed by atoms with Gasteiger partial charge in [0, 0.05) is 30.1 Å². The molecule has 2 aromatic carbocycles. The van der Waals surface area contributed by atoms with Gasteiger partial charge >= 0.3 is 0 Å². The number of nitrogens with zero attached hydrogens (tertiary/aromatic N) is 1. The second-order valence-corrected chi connectivity index (χ2v) is 6.56. The van der Waals surface area contributed by atoms with Crippen molar-refractivity contribution in [2.75, 3.05) is 6.54 Å². The smallest absolute Gasteiger partial charge is 0.220 e. The molecule has 0 radical (unpaired) electrons. The van der Waals surface area contributed by atoms with Crippen LogP contribution in [-0.2, 0) is 4.79 Å². The SMILES string of the molecule is O=C(CCCN=C(c1ccccc1)c1cc(F)ccc1O)NC1CCC1. The summed E-state index contributed by atoms with van der Waals surface area (Å²) < 4.78 is 13.7. The number of halogens is 1. The molecule has 1 saturated carbocycles. The first-order valence-corrected chi connectivity index (χ1v) is 9.01. The molecule has 0 aliphatic heterocycles.